The molecule has 0 aromatic rings. The van der Waals surface area contributed by atoms with Gasteiger partial charge in [0.15, 0.2) is 0 Å². The molecular formula is C13H30N2O3S. The van der Waals surface area contributed by atoms with Crippen LogP contribution >= 0.6 is 0 Å². The summed E-state index contributed by atoms with van der Waals surface area (Å²) in [5.41, 5.74) is 0. The zero-order chi connectivity index (χ0) is 14.6. The van der Waals surface area contributed by atoms with Crippen LogP contribution in [0.15, 0.2) is 0 Å². The summed E-state index contributed by atoms with van der Waals surface area (Å²) >= 11 is 0. The molecule has 2 N–H and O–H groups in total. The lowest BCUT2D eigenvalue weighted by Crippen LogP contribution is -2.28. The standard InChI is InChI=1S/C13H30N2O3S/c1-4-14-8-5-6-11-19(16,17)15-9-7-10-18-12-13(2)3/h13-15H,4-12H2,1-3H3. The van der Waals surface area contributed by atoms with E-state index in [-0.39, 0.29) is 5.75 Å². The molecule has 0 aromatic heterocycles. The molecule has 6 heteroatoms. The fourth-order valence-corrected chi connectivity index (χ4v) is 2.70. The third-order valence-electron chi connectivity index (χ3n) is 2.51. The minimum absolute atomic E-state index is 0.214. The zero-order valence-electron chi connectivity index (χ0n) is 12.6. The Morgan fingerprint density at radius 3 is 2.47 bits per heavy atom. The average molecular weight is 294 g/mol. The molecule has 0 saturated carbocycles. The monoisotopic (exact) mass is 294 g/mol. The van der Waals surface area contributed by atoms with Gasteiger partial charge in [0.05, 0.1) is 5.75 Å². The van der Waals surface area contributed by atoms with Crippen LogP contribution in [0.5, 0.6) is 0 Å². The first kappa shape index (κ1) is 18.8. The summed E-state index contributed by atoms with van der Waals surface area (Å²) in [4.78, 5) is 0. The molecule has 0 aliphatic rings. The summed E-state index contributed by atoms with van der Waals surface area (Å²) in [5.74, 6) is 0.735. The first-order valence-corrected chi connectivity index (χ1v) is 8.89. The average Bonchev–Trinajstić information content (AvgIpc) is 2.33. The second-order valence-electron chi connectivity index (χ2n) is 5.10. The number of hydrogen-bond acceptors (Lipinski definition) is 4. The van der Waals surface area contributed by atoms with Crippen molar-refractivity contribution in [3.05, 3.63) is 0 Å². The highest BCUT2D eigenvalue weighted by Crippen LogP contribution is 1.96. The highest BCUT2D eigenvalue weighted by molar-refractivity contribution is 7.89. The van der Waals surface area contributed by atoms with Crippen LogP contribution < -0.4 is 10.0 Å². The van der Waals surface area contributed by atoms with Gasteiger partial charge in [0, 0.05) is 19.8 Å². The van der Waals surface area contributed by atoms with Gasteiger partial charge in [-0.1, -0.05) is 20.8 Å². The SMILES string of the molecule is CCNCCCCS(=O)(=O)NCCCOCC(C)C. The molecule has 0 unspecified atom stereocenters. The molecule has 19 heavy (non-hydrogen) atoms. The van der Waals surface area contributed by atoms with E-state index >= 15 is 0 Å². The highest BCUT2D eigenvalue weighted by Gasteiger charge is 2.08. The number of rotatable bonds is 13. The van der Waals surface area contributed by atoms with E-state index in [0.29, 0.717) is 25.5 Å². The third kappa shape index (κ3) is 14.1. The summed E-state index contributed by atoms with van der Waals surface area (Å²) in [6, 6.07) is 0. The molecule has 0 bridgehead atoms. The molecule has 5 nitrogen and oxygen atoms in total. The quantitative estimate of drug-likeness (QED) is 0.503. The van der Waals surface area contributed by atoms with Gasteiger partial charge in [-0.15, -0.1) is 0 Å². The van der Waals surface area contributed by atoms with Gasteiger partial charge in [-0.2, -0.15) is 0 Å². The van der Waals surface area contributed by atoms with Gasteiger partial charge in [-0.05, 0) is 38.3 Å². The van der Waals surface area contributed by atoms with E-state index in [1.807, 2.05) is 6.92 Å². The summed E-state index contributed by atoms with van der Waals surface area (Å²) in [6.07, 6.45) is 2.32. The zero-order valence-corrected chi connectivity index (χ0v) is 13.4. The minimum Gasteiger partial charge on any atom is -0.381 e. The molecule has 0 aliphatic carbocycles. The summed E-state index contributed by atoms with van der Waals surface area (Å²) in [6.45, 7) is 9.86. The van der Waals surface area contributed by atoms with Gasteiger partial charge >= 0.3 is 0 Å². The molecule has 0 rings (SSSR count). The number of ether oxygens (including phenoxy) is 1. The molecule has 0 amide bonds. The summed E-state index contributed by atoms with van der Waals surface area (Å²) in [5, 5.41) is 3.18. The predicted octanol–water partition coefficient (Wildman–Crippen LogP) is 1.36. The van der Waals surface area contributed by atoms with Crippen molar-refractivity contribution >= 4 is 10.0 Å². The van der Waals surface area contributed by atoms with Crippen molar-refractivity contribution in [3.63, 3.8) is 0 Å². The molecule has 0 atom stereocenters. The van der Waals surface area contributed by atoms with E-state index in [9.17, 15) is 8.42 Å². The largest absolute Gasteiger partial charge is 0.381 e. The molecule has 0 aliphatic heterocycles. The lowest BCUT2D eigenvalue weighted by atomic mass is 10.2. The van der Waals surface area contributed by atoms with Crippen LogP contribution in [-0.2, 0) is 14.8 Å². The van der Waals surface area contributed by atoms with Gasteiger partial charge in [0.1, 0.15) is 0 Å². The van der Waals surface area contributed by atoms with Crippen LogP contribution in [0.25, 0.3) is 0 Å². The molecule has 0 fully saturated rings. The number of unbranched alkanes of at least 4 members (excludes halogenated alkanes) is 1. The van der Waals surface area contributed by atoms with Crippen molar-refractivity contribution in [2.75, 3.05) is 38.6 Å². The Hall–Kier alpha value is -0.170. The predicted molar refractivity (Wildman–Crippen MR) is 79.8 cm³/mol. The fraction of sp³-hybridized carbons (Fsp3) is 1.00. The number of hydrogen-bond donors (Lipinski definition) is 2. The maximum atomic E-state index is 11.6. The van der Waals surface area contributed by atoms with Gasteiger partial charge in [-0.3, -0.25) is 0 Å². The Morgan fingerprint density at radius 1 is 1.11 bits per heavy atom. The summed E-state index contributed by atoms with van der Waals surface area (Å²) in [7, 11) is -3.11. The van der Waals surface area contributed by atoms with E-state index in [4.69, 9.17) is 4.74 Å². The van der Waals surface area contributed by atoms with Crippen molar-refractivity contribution in [2.45, 2.75) is 40.0 Å². The van der Waals surface area contributed by atoms with E-state index in [2.05, 4.69) is 23.9 Å². The molecule has 0 saturated heterocycles. The van der Waals surface area contributed by atoms with Crippen molar-refractivity contribution in [3.8, 4) is 0 Å². The van der Waals surface area contributed by atoms with Crippen molar-refractivity contribution in [1.29, 1.82) is 0 Å². The molecule has 0 heterocycles. The maximum Gasteiger partial charge on any atom is 0.211 e. The van der Waals surface area contributed by atoms with Gasteiger partial charge in [-0.25, -0.2) is 13.1 Å². The van der Waals surface area contributed by atoms with Crippen molar-refractivity contribution < 1.29 is 13.2 Å². The maximum absolute atomic E-state index is 11.6. The lowest BCUT2D eigenvalue weighted by Gasteiger charge is -2.08. The third-order valence-corrected chi connectivity index (χ3v) is 3.98. The van der Waals surface area contributed by atoms with Gasteiger partial charge in [0.25, 0.3) is 0 Å². The van der Waals surface area contributed by atoms with Gasteiger partial charge in [0.2, 0.25) is 10.0 Å². The van der Waals surface area contributed by atoms with Crippen molar-refractivity contribution in [2.24, 2.45) is 5.92 Å². The number of sulfonamides is 1. The lowest BCUT2D eigenvalue weighted by molar-refractivity contribution is 0.108. The first-order valence-electron chi connectivity index (χ1n) is 7.23. The molecule has 0 spiro atoms. The minimum atomic E-state index is -3.11. The van der Waals surface area contributed by atoms with Crippen LogP contribution in [0.4, 0.5) is 0 Å². The smallest absolute Gasteiger partial charge is 0.211 e. The topological polar surface area (TPSA) is 67.4 Å². The Kier molecular flexibility index (Phi) is 11.5. The molecule has 116 valence electrons. The van der Waals surface area contributed by atoms with Crippen LogP contribution in [0.2, 0.25) is 0 Å². The Bertz CT molecular complexity index is 292. The Morgan fingerprint density at radius 2 is 1.84 bits per heavy atom. The van der Waals surface area contributed by atoms with E-state index in [1.165, 1.54) is 0 Å². The van der Waals surface area contributed by atoms with Crippen LogP contribution in [0.1, 0.15) is 40.0 Å². The molecule has 0 radical (unpaired) electrons. The summed E-state index contributed by atoms with van der Waals surface area (Å²) < 4.78 is 31.3. The Balaban J connectivity index is 3.46. The second kappa shape index (κ2) is 11.6. The van der Waals surface area contributed by atoms with Crippen molar-refractivity contribution in [1.82, 2.24) is 10.0 Å². The Labute approximate surface area is 118 Å². The van der Waals surface area contributed by atoms with E-state index in [1.54, 1.807) is 0 Å². The molecule has 0 aromatic carbocycles. The van der Waals surface area contributed by atoms with Crippen LogP contribution in [-0.4, -0.2) is 47.0 Å². The number of nitrogens with one attached hydrogen (secondary N) is 2. The highest BCUT2D eigenvalue weighted by atomic mass is 32.2. The first-order chi connectivity index (χ1) is 8.98. The van der Waals surface area contributed by atoms with E-state index < -0.39 is 10.0 Å². The molecular weight excluding hydrogens is 264 g/mol. The second-order valence-corrected chi connectivity index (χ2v) is 7.02. The normalized spacial score (nSPS) is 12.2. The van der Waals surface area contributed by atoms with Crippen LogP contribution in [0, 0.1) is 5.92 Å². The van der Waals surface area contributed by atoms with Crippen LogP contribution in [0.3, 0.4) is 0 Å². The van der Waals surface area contributed by atoms with Gasteiger partial charge < -0.3 is 10.1 Å². The fourth-order valence-electron chi connectivity index (χ4n) is 1.51. The van der Waals surface area contributed by atoms with E-state index in [0.717, 1.165) is 32.5 Å².